The minimum absolute atomic E-state index is 0.633. The monoisotopic (exact) mass is 205 g/mol. The molecule has 0 aliphatic carbocycles. The van der Waals surface area contributed by atoms with Crippen LogP contribution in [0.25, 0.3) is 0 Å². The summed E-state index contributed by atoms with van der Waals surface area (Å²) in [5.41, 5.74) is 1.42. The normalized spacial score (nSPS) is 13.1. The van der Waals surface area contributed by atoms with E-state index >= 15 is 0 Å². The van der Waals surface area contributed by atoms with Crippen molar-refractivity contribution in [3.8, 4) is 0 Å². The molecule has 1 heteroatoms. The van der Waals surface area contributed by atoms with E-state index < -0.39 is 0 Å². The predicted octanol–water partition coefficient (Wildman–Crippen LogP) is 3.25. The van der Waals surface area contributed by atoms with E-state index in [0.717, 1.165) is 18.9 Å². The van der Waals surface area contributed by atoms with Gasteiger partial charge in [0.2, 0.25) is 0 Å². The van der Waals surface area contributed by atoms with Crippen LogP contribution in [0.15, 0.2) is 30.3 Å². The van der Waals surface area contributed by atoms with Crippen molar-refractivity contribution in [2.75, 3.05) is 6.54 Å². The standard InChI is InChI=1S/C14H23N/c1-12(2)11-13(3)15-10-9-14-7-5-4-6-8-14/h4-8,12-13,15H,9-11H2,1-3H3/t13-/m0/s1. The molecule has 1 aromatic rings. The second-order valence-electron chi connectivity index (χ2n) is 4.72. The lowest BCUT2D eigenvalue weighted by Crippen LogP contribution is -2.29. The molecule has 0 fully saturated rings. The van der Waals surface area contributed by atoms with Crippen LogP contribution in [-0.4, -0.2) is 12.6 Å². The van der Waals surface area contributed by atoms with Crippen LogP contribution >= 0.6 is 0 Å². The van der Waals surface area contributed by atoms with Crippen LogP contribution in [0, 0.1) is 5.92 Å². The van der Waals surface area contributed by atoms with Gasteiger partial charge >= 0.3 is 0 Å². The van der Waals surface area contributed by atoms with Crippen molar-refractivity contribution in [3.05, 3.63) is 35.9 Å². The summed E-state index contributed by atoms with van der Waals surface area (Å²) in [6.07, 6.45) is 2.39. The molecule has 1 atom stereocenters. The highest BCUT2D eigenvalue weighted by atomic mass is 14.9. The maximum absolute atomic E-state index is 3.56. The topological polar surface area (TPSA) is 12.0 Å². The van der Waals surface area contributed by atoms with Gasteiger partial charge in [-0.2, -0.15) is 0 Å². The zero-order chi connectivity index (χ0) is 11.1. The van der Waals surface area contributed by atoms with Gasteiger partial charge < -0.3 is 5.32 Å². The fourth-order valence-electron chi connectivity index (χ4n) is 1.90. The first-order valence-electron chi connectivity index (χ1n) is 5.96. The molecule has 0 spiro atoms. The van der Waals surface area contributed by atoms with Crippen molar-refractivity contribution in [2.45, 2.75) is 39.7 Å². The maximum atomic E-state index is 3.56. The van der Waals surface area contributed by atoms with Gasteiger partial charge in [-0.05, 0) is 37.8 Å². The van der Waals surface area contributed by atoms with Gasteiger partial charge in [-0.3, -0.25) is 0 Å². The van der Waals surface area contributed by atoms with Crippen molar-refractivity contribution < 1.29 is 0 Å². The van der Waals surface area contributed by atoms with Gasteiger partial charge in [0.25, 0.3) is 0 Å². The van der Waals surface area contributed by atoms with Gasteiger partial charge in [-0.1, -0.05) is 44.2 Å². The van der Waals surface area contributed by atoms with E-state index in [-0.39, 0.29) is 0 Å². The van der Waals surface area contributed by atoms with Crippen LogP contribution in [0.2, 0.25) is 0 Å². The Hall–Kier alpha value is -0.820. The third-order valence-electron chi connectivity index (χ3n) is 2.57. The molecule has 0 radical (unpaired) electrons. The molecule has 0 aliphatic rings. The average Bonchev–Trinajstić information content (AvgIpc) is 2.18. The summed E-state index contributed by atoms with van der Waals surface area (Å²) in [5.74, 6) is 0.782. The van der Waals surface area contributed by atoms with Crippen LogP contribution in [0.5, 0.6) is 0 Å². The predicted molar refractivity (Wildman–Crippen MR) is 67.1 cm³/mol. The molecule has 1 nitrogen and oxygen atoms in total. The van der Waals surface area contributed by atoms with Gasteiger partial charge in [-0.25, -0.2) is 0 Å². The number of hydrogen-bond donors (Lipinski definition) is 1. The highest BCUT2D eigenvalue weighted by molar-refractivity contribution is 5.14. The van der Waals surface area contributed by atoms with Crippen LogP contribution in [0.4, 0.5) is 0 Å². The van der Waals surface area contributed by atoms with Crippen LogP contribution in [-0.2, 0) is 6.42 Å². The Kier molecular flexibility index (Phi) is 5.41. The van der Waals surface area contributed by atoms with Gasteiger partial charge in [0.15, 0.2) is 0 Å². The van der Waals surface area contributed by atoms with E-state index in [1.165, 1.54) is 12.0 Å². The molecule has 0 heterocycles. The molecule has 0 aliphatic heterocycles. The van der Waals surface area contributed by atoms with Crippen molar-refractivity contribution >= 4 is 0 Å². The van der Waals surface area contributed by atoms with Gasteiger partial charge in [0, 0.05) is 6.04 Å². The minimum atomic E-state index is 0.633. The number of hydrogen-bond acceptors (Lipinski definition) is 1. The average molecular weight is 205 g/mol. The fraction of sp³-hybridized carbons (Fsp3) is 0.571. The first-order valence-corrected chi connectivity index (χ1v) is 5.96. The lowest BCUT2D eigenvalue weighted by Gasteiger charge is -2.15. The Morgan fingerprint density at radius 2 is 1.73 bits per heavy atom. The number of rotatable bonds is 6. The molecule has 0 amide bonds. The van der Waals surface area contributed by atoms with Crippen LogP contribution < -0.4 is 5.32 Å². The van der Waals surface area contributed by atoms with Crippen LogP contribution in [0.3, 0.4) is 0 Å². The number of nitrogens with one attached hydrogen (secondary N) is 1. The van der Waals surface area contributed by atoms with Gasteiger partial charge in [0.1, 0.15) is 0 Å². The molecule has 1 aromatic carbocycles. The molecule has 0 saturated carbocycles. The van der Waals surface area contributed by atoms with Gasteiger partial charge in [-0.15, -0.1) is 0 Å². The van der Waals surface area contributed by atoms with E-state index in [2.05, 4.69) is 56.4 Å². The Balaban J connectivity index is 2.16. The molecule has 0 saturated heterocycles. The van der Waals surface area contributed by atoms with Crippen LogP contribution in [0.1, 0.15) is 32.8 Å². The minimum Gasteiger partial charge on any atom is -0.314 e. The summed E-state index contributed by atoms with van der Waals surface area (Å²) in [6, 6.07) is 11.3. The lowest BCUT2D eigenvalue weighted by molar-refractivity contribution is 0.445. The quantitative estimate of drug-likeness (QED) is 0.751. The Morgan fingerprint density at radius 3 is 2.33 bits per heavy atom. The fourth-order valence-corrected chi connectivity index (χ4v) is 1.90. The summed E-state index contributed by atoms with van der Waals surface area (Å²) in [4.78, 5) is 0. The lowest BCUT2D eigenvalue weighted by atomic mass is 10.1. The Labute approximate surface area is 93.9 Å². The zero-order valence-electron chi connectivity index (χ0n) is 10.2. The third-order valence-corrected chi connectivity index (χ3v) is 2.57. The van der Waals surface area contributed by atoms with Gasteiger partial charge in [0.05, 0.1) is 0 Å². The highest BCUT2D eigenvalue weighted by Crippen LogP contribution is 2.04. The van der Waals surface area contributed by atoms with E-state index in [1.807, 2.05) is 0 Å². The van der Waals surface area contributed by atoms with Crippen molar-refractivity contribution in [3.63, 3.8) is 0 Å². The highest BCUT2D eigenvalue weighted by Gasteiger charge is 2.03. The van der Waals surface area contributed by atoms with E-state index in [9.17, 15) is 0 Å². The molecule has 1 N–H and O–H groups in total. The summed E-state index contributed by atoms with van der Waals surface area (Å²) in [6.45, 7) is 7.90. The Bertz CT molecular complexity index is 253. The molecular formula is C14H23N. The van der Waals surface area contributed by atoms with E-state index in [4.69, 9.17) is 0 Å². The number of benzene rings is 1. The summed E-state index contributed by atoms with van der Waals surface area (Å²) >= 11 is 0. The summed E-state index contributed by atoms with van der Waals surface area (Å²) in [5, 5.41) is 3.56. The molecule has 0 unspecified atom stereocenters. The molecule has 1 rings (SSSR count). The summed E-state index contributed by atoms with van der Waals surface area (Å²) < 4.78 is 0. The third kappa shape index (κ3) is 5.58. The molecule has 0 aromatic heterocycles. The SMILES string of the molecule is CC(C)C[C@H](C)NCCc1ccccc1. The van der Waals surface area contributed by atoms with E-state index in [0.29, 0.717) is 6.04 Å². The summed E-state index contributed by atoms with van der Waals surface area (Å²) in [7, 11) is 0. The molecule has 0 bridgehead atoms. The second kappa shape index (κ2) is 6.62. The largest absolute Gasteiger partial charge is 0.314 e. The van der Waals surface area contributed by atoms with Crippen molar-refractivity contribution in [1.29, 1.82) is 0 Å². The van der Waals surface area contributed by atoms with E-state index in [1.54, 1.807) is 0 Å². The zero-order valence-corrected chi connectivity index (χ0v) is 10.2. The van der Waals surface area contributed by atoms with Crippen molar-refractivity contribution in [2.24, 2.45) is 5.92 Å². The first kappa shape index (κ1) is 12.3. The maximum Gasteiger partial charge on any atom is 0.00412 e. The smallest absolute Gasteiger partial charge is 0.00412 e. The molecule has 15 heavy (non-hydrogen) atoms. The first-order chi connectivity index (χ1) is 7.18. The molecule has 84 valence electrons. The Morgan fingerprint density at radius 1 is 1.07 bits per heavy atom. The van der Waals surface area contributed by atoms with Crippen molar-refractivity contribution in [1.82, 2.24) is 5.32 Å². The second-order valence-corrected chi connectivity index (χ2v) is 4.72. The molecular weight excluding hydrogens is 182 g/mol.